The zero-order valence-electron chi connectivity index (χ0n) is 10.8. The molecule has 2 aliphatic rings. The van der Waals surface area contributed by atoms with E-state index in [0.29, 0.717) is 0 Å². The van der Waals surface area contributed by atoms with Crippen molar-refractivity contribution in [3.8, 4) is 0 Å². The fraction of sp³-hybridized carbons (Fsp3) is 0.571. The third-order valence-corrected chi connectivity index (χ3v) is 4.08. The average molecular weight is 231 g/mol. The van der Waals surface area contributed by atoms with Gasteiger partial charge in [-0.1, -0.05) is 6.07 Å². The number of likely N-dealkylation sites (N-methyl/N-ethyl adjacent to an activating group) is 2. The molecule has 3 heteroatoms. The summed E-state index contributed by atoms with van der Waals surface area (Å²) in [6.07, 6.45) is 1.20. The van der Waals surface area contributed by atoms with Crippen LogP contribution in [0, 0.1) is 0 Å². The first-order chi connectivity index (χ1) is 8.25. The highest BCUT2D eigenvalue weighted by Gasteiger charge is 2.23. The van der Waals surface area contributed by atoms with Crippen LogP contribution in [0.4, 0.5) is 11.4 Å². The Labute approximate surface area is 104 Å². The first kappa shape index (κ1) is 10.9. The highest BCUT2D eigenvalue weighted by atomic mass is 15.3. The van der Waals surface area contributed by atoms with Crippen molar-refractivity contribution < 1.29 is 0 Å². The summed E-state index contributed by atoms with van der Waals surface area (Å²) in [5.41, 5.74) is 4.46. The van der Waals surface area contributed by atoms with Gasteiger partial charge in [0.05, 0.1) is 0 Å². The molecule has 2 aliphatic heterocycles. The molecule has 1 aromatic carbocycles. The number of nitrogens with zero attached hydrogens (tertiary/aromatic N) is 3. The van der Waals surface area contributed by atoms with Crippen molar-refractivity contribution in [2.75, 3.05) is 56.6 Å². The molecule has 0 spiro atoms. The van der Waals surface area contributed by atoms with E-state index in [9.17, 15) is 0 Å². The lowest BCUT2D eigenvalue weighted by Crippen LogP contribution is -2.44. The predicted molar refractivity (Wildman–Crippen MR) is 73.1 cm³/mol. The molecule has 1 aromatic rings. The quantitative estimate of drug-likeness (QED) is 0.724. The van der Waals surface area contributed by atoms with Gasteiger partial charge in [0.15, 0.2) is 0 Å². The van der Waals surface area contributed by atoms with E-state index in [1.165, 1.54) is 37.4 Å². The van der Waals surface area contributed by atoms with E-state index in [1.807, 2.05) is 0 Å². The summed E-state index contributed by atoms with van der Waals surface area (Å²) in [4.78, 5) is 7.33. The van der Waals surface area contributed by atoms with Crippen LogP contribution in [-0.4, -0.2) is 51.7 Å². The van der Waals surface area contributed by atoms with Gasteiger partial charge in [-0.2, -0.15) is 0 Å². The SMILES string of the molecule is CN1CCN(c2cccc3c2CCN3C)CC1. The van der Waals surface area contributed by atoms with Crippen molar-refractivity contribution in [2.45, 2.75) is 6.42 Å². The molecule has 0 amide bonds. The topological polar surface area (TPSA) is 9.72 Å². The van der Waals surface area contributed by atoms with Crippen LogP contribution in [0.1, 0.15) is 5.56 Å². The van der Waals surface area contributed by atoms with Crippen LogP contribution in [0.25, 0.3) is 0 Å². The van der Waals surface area contributed by atoms with Crippen molar-refractivity contribution in [1.82, 2.24) is 4.90 Å². The van der Waals surface area contributed by atoms with Gasteiger partial charge in [0, 0.05) is 56.7 Å². The van der Waals surface area contributed by atoms with Crippen molar-refractivity contribution >= 4 is 11.4 Å². The Morgan fingerprint density at radius 3 is 2.35 bits per heavy atom. The molecule has 0 radical (unpaired) electrons. The van der Waals surface area contributed by atoms with Crippen LogP contribution in [0.5, 0.6) is 0 Å². The van der Waals surface area contributed by atoms with E-state index in [0.717, 1.165) is 13.1 Å². The minimum atomic E-state index is 1.16. The zero-order valence-corrected chi connectivity index (χ0v) is 10.8. The van der Waals surface area contributed by atoms with E-state index in [1.54, 1.807) is 5.56 Å². The Morgan fingerprint density at radius 1 is 0.882 bits per heavy atom. The summed E-state index contributed by atoms with van der Waals surface area (Å²) < 4.78 is 0. The summed E-state index contributed by atoms with van der Waals surface area (Å²) in [6.45, 7) is 5.85. The summed E-state index contributed by atoms with van der Waals surface area (Å²) >= 11 is 0. The van der Waals surface area contributed by atoms with Crippen molar-refractivity contribution in [2.24, 2.45) is 0 Å². The Balaban J connectivity index is 1.89. The van der Waals surface area contributed by atoms with E-state index in [2.05, 4.69) is 47.0 Å². The van der Waals surface area contributed by atoms with Gasteiger partial charge < -0.3 is 14.7 Å². The number of benzene rings is 1. The van der Waals surface area contributed by atoms with Crippen molar-refractivity contribution in [1.29, 1.82) is 0 Å². The van der Waals surface area contributed by atoms with E-state index in [4.69, 9.17) is 0 Å². The Kier molecular flexibility index (Phi) is 2.71. The van der Waals surface area contributed by atoms with Crippen LogP contribution >= 0.6 is 0 Å². The lowest BCUT2D eigenvalue weighted by atomic mass is 10.1. The third kappa shape index (κ3) is 1.89. The van der Waals surface area contributed by atoms with Crippen LogP contribution in [0.2, 0.25) is 0 Å². The minimum Gasteiger partial charge on any atom is -0.374 e. The number of anilines is 2. The van der Waals surface area contributed by atoms with Crippen molar-refractivity contribution in [3.63, 3.8) is 0 Å². The van der Waals surface area contributed by atoms with Crippen LogP contribution in [0.3, 0.4) is 0 Å². The predicted octanol–water partition coefficient (Wildman–Crippen LogP) is 1.43. The monoisotopic (exact) mass is 231 g/mol. The molecule has 0 atom stereocenters. The molecule has 0 N–H and O–H groups in total. The van der Waals surface area contributed by atoms with E-state index in [-0.39, 0.29) is 0 Å². The van der Waals surface area contributed by atoms with Crippen molar-refractivity contribution in [3.05, 3.63) is 23.8 Å². The molecule has 0 aromatic heterocycles. The van der Waals surface area contributed by atoms with Crippen LogP contribution in [-0.2, 0) is 6.42 Å². The van der Waals surface area contributed by atoms with Gasteiger partial charge in [0.25, 0.3) is 0 Å². The maximum absolute atomic E-state index is 2.55. The van der Waals surface area contributed by atoms with Gasteiger partial charge >= 0.3 is 0 Å². The fourth-order valence-corrected chi connectivity index (χ4v) is 2.92. The normalized spacial score (nSPS) is 20.8. The number of rotatable bonds is 1. The second-order valence-electron chi connectivity index (χ2n) is 5.24. The molecule has 1 fully saturated rings. The molecular formula is C14H21N3. The van der Waals surface area contributed by atoms with Crippen LogP contribution < -0.4 is 9.80 Å². The first-order valence-electron chi connectivity index (χ1n) is 6.52. The third-order valence-electron chi connectivity index (χ3n) is 4.08. The Bertz CT molecular complexity index is 408. The second-order valence-corrected chi connectivity index (χ2v) is 5.24. The molecule has 2 heterocycles. The van der Waals surface area contributed by atoms with Crippen LogP contribution in [0.15, 0.2) is 18.2 Å². The summed E-state index contributed by atoms with van der Waals surface area (Å²) in [5, 5.41) is 0. The largest absolute Gasteiger partial charge is 0.374 e. The number of hydrogen-bond acceptors (Lipinski definition) is 3. The fourth-order valence-electron chi connectivity index (χ4n) is 2.92. The van der Waals surface area contributed by atoms with Gasteiger partial charge in [0.2, 0.25) is 0 Å². The Hall–Kier alpha value is -1.22. The Morgan fingerprint density at radius 2 is 1.59 bits per heavy atom. The minimum absolute atomic E-state index is 1.16. The van der Waals surface area contributed by atoms with E-state index >= 15 is 0 Å². The first-order valence-corrected chi connectivity index (χ1v) is 6.52. The lowest BCUT2D eigenvalue weighted by molar-refractivity contribution is 0.312. The number of hydrogen-bond donors (Lipinski definition) is 0. The van der Waals surface area contributed by atoms with E-state index < -0.39 is 0 Å². The molecule has 0 aliphatic carbocycles. The standard InChI is InChI=1S/C14H21N3/c1-15-8-10-17(11-9-15)14-5-3-4-13-12(14)6-7-16(13)2/h3-5H,6-11H2,1-2H3. The molecule has 0 bridgehead atoms. The smallest absolute Gasteiger partial charge is 0.0421 e. The molecule has 17 heavy (non-hydrogen) atoms. The lowest BCUT2D eigenvalue weighted by Gasteiger charge is -2.35. The molecule has 92 valence electrons. The second kappa shape index (κ2) is 4.22. The molecular weight excluding hydrogens is 210 g/mol. The maximum atomic E-state index is 2.55. The maximum Gasteiger partial charge on any atom is 0.0421 e. The van der Waals surface area contributed by atoms with Gasteiger partial charge in [0.1, 0.15) is 0 Å². The average Bonchev–Trinajstić information content (AvgIpc) is 2.73. The highest BCUT2D eigenvalue weighted by Crippen LogP contribution is 2.34. The highest BCUT2D eigenvalue weighted by molar-refractivity contribution is 5.70. The van der Waals surface area contributed by atoms with Gasteiger partial charge in [-0.25, -0.2) is 0 Å². The van der Waals surface area contributed by atoms with Gasteiger partial charge in [-0.3, -0.25) is 0 Å². The number of piperazine rings is 1. The molecule has 0 saturated carbocycles. The molecule has 1 saturated heterocycles. The molecule has 3 nitrogen and oxygen atoms in total. The van der Waals surface area contributed by atoms with Gasteiger partial charge in [-0.05, 0) is 25.6 Å². The molecule has 3 rings (SSSR count). The number of fused-ring (bicyclic) bond motifs is 1. The van der Waals surface area contributed by atoms with Gasteiger partial charge in [-0.15, -0.1) is 0 Å². The summed E-state index contributed by atoms with van der Waals surface area (Å²) in [5.74, 6) is 0. The zero-order chi connectivity index (χ0) is 11.8. The summed E-state index contributed by atoms with van der Waals surface area (Å²) in [7, 11) is 4.40. The molecule has 0 unspecified atom stereocenters. The summed E-state index contributed by atoms with van der Waals surface area (Å²) in [6, 6.07) is 6.75.